The topological polar surface area (TPSA) is 51.0 Å². The van der Waals surface area contributed by atoms with E-state index in [-0.39, 0.29) is 11.9 Å². The lowest BCUT2D eigenvalue weighted by molar-refractivity contribution is 0.494. The SMILES string of the molecule is Fc1ccc([C@H](Nc2ccccc2)c2nnc(-c3ccccc3)o2)cc1. The van der Waals surface area contributed by atoms with Crippen LogP contribution in [-0.2, 0) is 0 Å². The van der Waals surface area contributed by atoms with Crippen LogP contribution >= 0.6 is 0 Å². The zero-order valence-corrected chi connectivity index (χ0v) is 13.8. The van der Waals surface area contributed by atoms with E-state index >= 15 is 0 Å². The van der Waals surface area contributed by atoms with Gasteiger partial charge in [0.1, 0.15) is 11.9 Å². The fraction of sp³-hybridized carbons (Fsp3) is 0.0476. The fourth-order valence-corrected chi connectivity index (χ4v) is 2.69. The van der Waals surface area contributed by atoms with Crippen molar-refractivity contribution in [3.8, 4) is 11.5 Å². The maximum absolute atomic E-state index is 13.3. The first-order chi connectivity index (χ1) is 12.8. The van der Waals surface area contributed by atoms with E-state index in [1.807, 2.05) is 60.7 Å². The van der Waals surface area contributed by atoms with Crippen LogP contribution in [0.25, 0.3) is 11.5 Å². The number of para-hydroxylation sites is 1. The van der Waals surface area contributed by atoms with Crippen molar-refractivity contribution in [2.75, 3.05) is 5.32 Å². The first-order valence-electron chi connectivity index (χ1n) is 8.25. The highest BCUT2D eigenvalue weighted by Crippen LogP contribution is 2.28. The van der Waals surface area contributed by atoms with E-state index in [0.29, 0.717) is 11.8 Å². The number of aromatic nitrogens is 2. The number of nitrogens with one attached hydrogen (secondary N) is 1. The van der Waals surface area contributed by atoms with Gasteiger partial charge in [0, 0.05) is 11.3 Å². The molecule has 0 amide bonds. The minimum atomic E-state index is -0.386. The standard InChI is InChI=1S/C21H16FN3O/c22-17-13-11-15(12-14-17)19(23-18-9-5-2-6-10-18)21-25-24-20(26-21)16-7-3-1-4-8-16/h1-14,19,23H/t19-/m0/s1. The summed E-state index contributed by atoms with van der Waals surface area (Å²) in [5, 5.41) is 11.8. The van der Waals surface area contributed by atoms with Gasteiger partial charge in [-0.25, -0.2) is 4.39 Å². The van der Waals surface area contributed by atoms with Gasteiger partial charge in [-0.15, -0.1) is 10.2 Å². The zero-order valence-electron chi connectivity index (χ0n) is 13.8. The molecule has 0 aliphatic rings. The van der Waals surface area contributed by atoms with Gasteiger partial charge in [-0.1, -0.05) is 48.5 Å². The van der Waals surface area contributed by atoms with E-state index in [1.54, 1.807) is 12.1 Å². The molecule has 3 aromatic carbocycles. The lowest BCUT2D eigenvalue weighted by Crippen LogP contribution is -2.13. The highest BCUT2D eigenvalue weighted by molar-refractivity contribution is 5.52. The molecule has 4 rings (SSSR count). The van der Waals surface area contributed by atoms with Crippen LogP contribution in [0.5, 0.6) is 0 Å². The third-order valence-corrected chi connectivity index (χ3v) is 4.00. The van der Waals surface area contributed by atoms with Gasteiger partial charge in [-0.2, -0.15) is 0 Å². The summed E-state index contributed by atoms with van der Waals surface area (Å²) in [6, 6.07) is 25.2. The minimum Gasteiger partial charge on any atom is -0.418 e. The number of hydrogen-bond donors (Lipinski definition) is 1. The van der Waals surface area contributed by atoms with Crippen molar-refractivity contribution >= 4 is 5.69 Å². The molecule has 128 valence electrons. The van der Waals surface area contributed by atoms with Crippen molar-refractivity contribution in [2.24, 2.45) is 0 Å². The van der Waals surface area contributed by atoms with Gasteiger partial charge in [0.05, 0.1) is 0 Å². The molecule has 1 aromatic heterocycles. The summed E-state index contributed by atoms with van der Waals surface area (Å²) >= 11 is 0. The fourth-order valence-electron chi connectivity index (χ4n) is 2.69. The summed E-state index contributed by atoms with van der Waals surface area (Å²) in [5.41, 5.74) is 2.59. The Labute approximate surface area is 150 Å². The van der Waals surface area contributed by atoms with E-state index in [0.717, 1.165) is 16.8 Å². The van der Waals surface area contributed by atoms with Crippen molar-refractivity contribution in [1.82, 2.24) is 10.2 Å². The van der Waals surface area contributed by atoms with Crippen LogP contribution in [0.2, 0.25) is 0 Å². The highest BCUT2D eigenvalue weighted by atomic mass is 19.1. The normalized spacial score (nSPS) is 11.9. The maximum atomic E-state index is 13.3. The molecule has 0 spiro atoms. The summed E-state index contributed by atoms with van der Waals surface area (Å²) < 4.78 is 19.2. The van der Waals surface area contributed by atoms with E-state index in [4.69, 9.17) is 4.42 Å². The van der Waals surface area contributed by atoms with Gasteiger partial charge in [-0.05, 0) is 42.0 Å². The molecule has 0 aliphatic carbocycles. The molecule has 0 unspecified atom stereocenters. The Morgan fingerprint density at radius 3 is 2.12 bits per heavy atom. The molecule has 0 bridgehead atoms. The van der Waals surface area contributed by atoms with Crippen LogP contribution < -0.4 is 5.32 Å². The summed E-state index contributed by atoms with van der Waals surface area (Å²) in [6.45, 7) is 0. The zero-order chi connectivity index (χ0) is 17.8. The minimum absolute atomic E-state index is 0.289. The third-order valence-electron chi connectivity index (χ3n) is 4.00. The van der Waals surface area contributed by atoms with Crippen LogP contribution in [0.3, 0.4) is 0 Å². The maximum Gasteiger partial charge on any atom is 0.247 e. The van der Waals surface area contributed by atoms with Crippen LogP contribution in [0.15, 0.2) is 89.3 Å². The van der Waals surface area contributed by atoms with E-state index < -0.39 is 0 Å². The largest absolute Gasteiger partial charge is 0.418 e. The molecular weight excluding hydrogens is 329 g/mol. The lowest BCUT2D eigenvalue weighted by atomic mass is 10.1. The number of anilines is 1. The van der Waals surface area contributed by atoms with E-state index in [9.17, 15) is 4.39 Å². The summed E-state index contributed by atoms with van der Waals surface area (Å²) in [5.74, 6) is 0.574. The molecule has 5 heteroatoms. The number of benzene rings is 3. The average molecular weight is 345 g/mol. The van der Waals surface area contributed by atoms with Gasteiger partial charge in [0.25, 0.3) is 0 Å². The Bertz CT molecular complexity index is 969. The smallest absolute Gasteiger partial charge is 0.247 e. The molecule has 0 saturated heterocycles. The summed E-state index contributed by atoms with van der Waals surface area (Å²) in [7, 11) is 0. The van der Waals surface area contributed by atoms with E-state index in [2.05, 4.69) is 15.5 Å². The second kappa shape index (κ2) is 7.19. The van der Waals surface area contributed by atoms with Crippen LogP contribution in [0, 0.1) is 5.82 Å². The second-order valence-electron chi connectivity index (χ2n) is 5.81. The molecule has 0 fully saturated rings. The van der Waals surface area contributed by atoms with Crippen molar-refractivity contribution in [1.29, 1.82) is 0 Å². The first-order valence-corrected chi connectivity index (χ1v) is 8.25. The van der Waals surface area contributed by atoms with Gasteiger partial charge >= 0.3 is 0 Å². The quantitative estimate of drug-likeness (QED) is 0.548. The molecule has 1 atom stereocenters. The molecular formula is C21H16FN3O. The highest BCUT2D eigenvalue weighted by Gasteiger charge is 2.21. The lowest BCUT2D eigenvalue weighted by Gasteiger charge is -2.17. The number of nitrogens with zero attached hydrogens (tertiary/aromatic N) is 2. The summed E-state index contributed by atoms with van der Waals surface area (Å²) in [4.78, 5) is 0. The molecule has 0 aliphatic heterocycles. The van der Waals surface area contributed by atoms with Gasteiger partial charge < -0.3 is 9.73 Å². The predicted molar refractivity (Wildman–Crippen MR) is 98.0 cm³/mol. The Kier molecular flexibility index (Phi) is 4.43. The molecule has 1 N–H and O–H groups in total. The third kappa shape index (κ3) is 3.47. The Morgan fingerprint density at radius 1 is 0.769 bits per heavy atom. The monoisotopic (exact) mass is 345 g/mol. The van der Waals surface area contributed by atoms with Crippen LogP contribution in [0.4, 0.5) is 10.1 Å². The van der Waals surface area contributed by atoms with Crippen LogP contribution in [0.1, 0.15) is 17.5 Å². The first kappa shape index (κ1) is 16.0. The number of hydrogen-bond acceptors (Lipinski definition) is 4. The van der Waals surface area contributed by atoms with Gasteiger partial charge in [-0.3, -0.25) is 0 Å². The second-order valence-corrected chi connectivity index (χ2v) is 5.81. The predicted octanol–water partition coefficient (Wildman–Crippen LogP) is 5.08. The van der Waals surface area contributed by atoms with Crippen LogP contribution in [-0.4, -0.2) is 10.2 Å². The molecule has 4 aromatic rings. The summed E-state index contributed by atoms with van der Waals surface area (Å²) in [6.07, 6.45) is 0. The van der Waals surface area contributed by atoms with Crippen molar-refractivity contribution in [2.45, 2.75) is 6.04 Å². The number of rotatable bonds is 5. The molecule has 26 heavy (non-hydrogen) atoms. The van der Waals surface area contributed by atoms with Crippen molar-refractivity contribution in [3.05, 3.63) is 102 Å². The average Bonchev–Trinajstić information content (AvgIpc) is 3.18. The molecule has 1 heterocycles. The van der Waals surface area contributed by atoms with E-state index in [1.165, 1.54) is 12.1 Å². The van der Waals surface area contributed by atoms with Gasteiger partial charge in [0.2, 0.25) is 11.8 Å². The number of halogens is 1. The van der Waals surface area contributed by atoms with Crippen molar-refractivity contribution < 1.29 is 8.81 Å². The molecule has 4 nitrogen and oxygen atoms in total. The Balaban J connectivity index is 1.71. The Hall–Kier alpha value is -3.47. The molecule has 0 radical (unpaired) electrons. The van der Waals surface area contributed by atoms with Gasteiger partial charge in [0.15, 0.2) is 0 Å². The Morgan fingerprint density at radius 2 is 1.42 bits per heavy atom. The van der Waals surface area contributed by atoms with Crippen molar-refractivity contribution in [3.63, 3.8) is 0 Å². The molecule has 0 saturated carbocycles.